The number of para-hydroxylation sites is 1. The summed E-state index contributed by atoms with van der Waals surface area (Å²) in [5, 5.41) is 23.1. The highest BCUT2D eigenvalue weighted by molar-refractivity contribution is 6.51. The minimum absolute atomic E-state index is 0.113. The number of nitrogens with zero attached hydrogens (tertiary/aromatic N) is 1. The smallest absolute Gasteiger partial charge is 0.259 e. The van der Waals surface area contributed by atoms with Gasteiger partial charge in [0.1, 0.15) is 0 Å². The van der Waals surface area contributed by atoms with E-state index in [1.54, 1.807) is 29.1 Å². The number of carbonyl (C=O) groups is 2. The van der Waals surface area contributed by atoms with E-state index in [0.29, 0.717) is 27.7 Å². The average Bonchev–Trinajstić information content (AvgIpc) is 3.42. The van der Waals surface area contributed by atoms with Gasteiger partial charge < -0.3 is 25.5 Å². The number of imide groups is 1. The molecule has 1 unspecified atom stereocenters. The maximum atomic E-state index is 12.9. The van der Waals surface area contributed by atoms with E-state index in [1.807, 2.05) is 30.3 Å². The maximum absolute atomic E-state index is 12.9. The van der Waals surface area contributed by atoms with E-state index < -0.39 is 24.5 Å². The lowest BCUT2D eigenvalue weighted by Gasteiger charge is -2.09. The molecule has 0 spiro atoms. The van der Waals surface area contributed by atoms with Crippen LogP contribution in [0, 0.1) is 0 Å². The van der Waals surface area contributed by atoms with Crippen molar-refractivity contribution in [2.45, 2.75) is 12.6 Å². The number of benzene rings is 2. The van der Waals surface area contributed by atoms with Crippen molar-refractivity contribution >= 4 is 50.5 Å². The fraction of sp³-hybridized carbons (Fsp3) is 0.130. The highest BCUT2D eigenvalue weighted by Crippen LogP contribution is 2.39. The fourth-order valence-electron chi connectivity index (χ4n) is 4.25. The Labute approximate surface area is 176 Å². The number of aromatic nitrogens is 2. The molecular formula is C23H20N4O4. The summed E-state index contributed by atoms with van der Waals surface area (Å²) in [5.74, 6) is -0.981. The molecule has 3 heterocycles. The van der Waals surface area contributed by atoms with Crippen LogP contribution in [0.25, 0.3) is 33.0 Å². The quantitative estimate of drug-likeness (QED) is 0.249. The third kappa shape index (κ3) is 2.92. The van der Waals surface area contributed by atoms with Crippen LogP contribution in [0.5, 0.6) is 0 Å². The highest BCUT2D eigenvalue weighted by Gasteiger charge is 2.35. The number of nitrogen functional groups attached to an aromatic ring is 1. The number of aliphatic hydroxyl groups excluding tert-OH is 2. The summed E-state index contributed by atoms with van der Waals surface area (Å²) in [5.41, 5.74) is 9.89. The summed E-state index contributed by atoms with van der Waals surface area (Å²) in [6.07, 6.45) is 2.43. The van der Waals surface area contributed by atoms with Gasteiger partial charge in [0.25, 0.3) is 11.8 Å². The fourth-order valence-corrected chi connectivity index (χ4v) is 4.25. The summed E-state index contributed by atoms with van der Waals surface area (Å²) in [4.78, 5) is 28.9. The molecule has 2 aromatic heterocycles. The zero-order valence-electron chi connectivity index (χ0n) is 16.4. The van der Waals surface area contributed by atoms with E-state index in [4.69, 9.17) is 5.73 Å². The number of carbonyl (C=O) groups excluding carboxylic acids is 2. The lowest BCUT2D eigenvalue weighted by molar-refractivity contribution is -0.122. The molecule has 1 atom stereocenters. The molecule has 8 heteroatoms. The first-order valence-electron chi connectivity index (χ1n) is 9.82. The van der Waals surface area contributed by atoms with Gasteiger partial charge in [-0.2, -0.15) is 0 Å². The Hall–Kier alpha value is -3.88. The molecule has 6 N–H and O–H groups in total. The van der Waals surface area contributed by atoms with Crippen LogP contribution in [0.3, 0.4) is 0 Å². The largest absolute Gasteiger partial charge is 0.398 e. The van der Waals surface area contributed by atoms with E-state index in [0.717, 1.165) is 10.9 Å². The van der Waals surface area contributed by atoms with Crippen LogP contribution in [0.2, 0.25) is 0 Å². The number of anilines is 1. The van der Waals surface area contributed by atoms with Crippen LogP contribution >= 0.6 is 0 Å². The normalized spacial score (nSPS) is 15.3. The van der Waals surface area contributed by atoms with Crippen LogP contribution < -0.4 is 11.1 Å². The summed E-state index contributed by atoms with van der Waals surface area (Å²) < 4.78 is 1.73. The number of fused-ring (bicyclic) bond motifs is 2. The number of aliphatic hydroxyl groups is 2. The molecule has 4 aromatic rings. The number of rotatable bonds is 5. The first-order chi connectivity index (χ1) is 15.0. The van der Waals surface area contributed by atoms with Crippen molar-refractivity contribution in [2.75, 3.05) is 12.3 Å². The van der Waals surface area contributed by atoms with Gasteiger partial charge in [-0.05, 0) is 18.2 Å². The van der Waals surface area contributed by atoms with Gasteiger partial charge >= 0.3 is 0 Å². The molecule has 0 aliphatic carbocycles. The third-order valence-corrected chi connectivity index (χ3v) is 5.62. The predicted molar refractivity (Wildman–Crippen MR) is 118 cm³/mol. The predicted octanol–water partition coefficient (Wildman–Crippen LogP) is 1.63. The number of nitrogens with one attached hydrogen (secondary N) is 2. The zero-order chi connectivity index (χ0) is 21.7. The Morgan fingerprint density at radius 3 is 2.52 bits per heavy atom. The molecule has 1 aliphatic rings. The topological polar surface area (TPSA) is 133 Å². The highest BCUT2D eigenvalue weighted by atomic mass is 16.3. The van der Waals surface area contributed by atoms with E-state index in [2.05, 4.69) is 10.3 Å². The molecule has 2 aromatic carbocycles. The molecule has 2 amide bonds. The van der Waals surface area contributed by atoms with E-state index in [1.165, 1.54) is 0 Å². The van der Waals surface area contributed by atoms with Gasteiger partial charge in [-0.25, -0.2) is 0 Å². The monoisotopic (exact) mass is 416 g/mol. The number of aromatic amines is 1. The van der Waals surface area contributed by atoms with Crippen LogP contribution in [0.15, 0.2) is 54.9 Å². The van der Waals surface area contributed by atoms with E-state index >= 15 is 0 Å². The molecule has 0 fully saturated rings. The van der Waals surface area contributed by atoms with Crippen LogP contribution in [0.1, 0.15) is 11.1 Å². The maximum Gasteiger partial charge on any atom is 0.259 e. The number of hydrogen-bond acceptors (Lipinski definition) is 5. The summed E-state index contributed by atoms with van der Waals surface area (Å²) in [7, 11) is 0. The second-order valence-electron chi connectivity index (χ2n) is 7.55. The first kappa shape index (κ1) is 19.1. The molecule has 1 aliphatic heterocycles. The van der Waals surface area contributed by atoms with Crippen molar-refractivity contribution in [3.63, 3.8) is 0 Å². The number of nitrogens with two attached hydrogens (primary N) is 1. The first-order valence-corrected chi connectivity index (χ1v) is 9.82. The number of amides is 2. The van der Waals surface area contributed by atoms with Crippen LogP contribution in [-0.2, 0) is 16.1 Å². The molecule has 0 saturated heterocycles. The van der Waals surface area contributed by atoms with Gasteiger partial charge in [0.05, 0.1) is 35.9 Å². The number of hydrogen-bond donors (Lipinski definition) is 5. The van der Waals surface area contributed by atoms with Crippen molar-refractivity contribution in [1.82, 2.24) is 14.9 Å². The van der Waals surface area contributed by atoms with Gasteiger partial charge in [0, 0.05) is 45.5 Å². The number of H-pyrrole nitrogens is 1. The minimum atomic E-state index is -0.981. The van der Waals surface area contributed by atoms with E-state index in [-0.39, 0.29) is 17.7 Å². The summed E-state index contributed by atoms with van der Waals surface area (Å²) >= 11 is 0. The SMILES string of the molecule is Nc1cccc2c1c(C1=C(c3c[nH]c4ccccc34)C(=O)NC1=O)cn2CC(O)CO. The minimum Gasteiger partial charge on any atom is -0.398 e. The van der Waals surface area contributed by atoms with Gasteiger partial charge in [-0.3, -0.25) is 14.9 Å². The van der Waals surface area contributed by atoms with Crippen LogP contribution in [-0.4, -0.2) is 44.3 Å². The molecule has 0 bridgehead atoms. The van der Waals surface area contributed by atoms with Crippen molar-refractivity contribution in [2.24, 2.45) is 0 Å². The molecule has 5 rings (SSSR count). The molecule has 0 saturated carbocycles. The van der Waals surface area contributed by atoms with E-state index in [9.17, 15) is 19.8 Å². The Bertz CT molecular complexity index is 1400. The van der Waals surface area contributed by atoms with Gasteiger partial charge in [-0.1, -0.05) is 24.3 Å². The average molecular weight is 416 g/mol. The lowest BCUT2D eigenvalue weighted by atomic mass is 9.95. The van der Waals surface area contributed by atoms with Crippen molar-refractivity contribution in [1.29, 1.82) is 0 Å². The zero-order valence-corrected chi connectivity index (χ0v) is 16.4. The van der Waals surface area contributed by atoms with Gasteiger partial charge in [0.2, 0.25) is 0 Å². The van der Waals surface area contributed by atoms with Gasteiger partial charge in [-0.15, -0.1) is 0 Å². The third-order valence-electron chi connectivity index (χ3n) is 5.62. The summed E-state index contributed by atoms with van der Waals surface area (Å²) in [6.45, 7) is -0.290. The lowest BCUT2D eigenvalue weighted by Crippen LogP contribution is -2.22. The second-order valence-corrected chi connectivity index (χ2v) is 7.55. The molecule has 156 valence electrons. The Morgan fingerprint density at radius 1 is 1.00 bits per heavy atom. The van der Waals surface area contributed by atoms with Crippen molar-refractivity contribution in [3.05, 3.63) is 66.0 Å². The Balaban J connectivity index is 1.81. The standard InChI is InChI=1S/C23H20N4O4/c24-16-5-3-7-18-19(16)15(10-27(18)9-12(29)11-28)21-20(22(30)26-23(21)31)14-8-25-17-6-2-1-4-13(14)17/h1-8,10,12,25,28-29H,9,11,24H2,(H,26,30,31). The Morgan fingerprint density at radius 2 is 1.74 bits per heavy atom. The van der Waals surface area contributed by atoms with Crippen LogP contribution in [0.4, 0.5) is 5.69 Å². The molecule has 31 heavy (non-hydrogen) atoms. The molecular weight excluding hydrogens is 396 g/mol. The van der Waals surface area contributed by atoms with Gasteiger partial charge in [0.15, 0.2) is 0 Å². The molecule has 8 nitrogen and oxygen atoms in total. The Kier molecular flexibility index (Phi) is 4.39. The second kappa shape index (κ2) is 7.12. The summed E-state index contributed by atoms with van der Waals surface area (Å²) in [6, 6.07) is 12.9. The van der Waals surface area contributed by atoms with Crippen molar-refractivity contribution in [3.8, 4) is 0 Å². The molecule has 0 radical (unpaired) electrons. The van der Waals surface area contributed by atoms with Crippen molar-refractivity contribution < 1.29 is 19.8 Å².